The summed E-state index contributed by atoms with van der Waals surface area (Å²) in [5, 5.41) is 12.1. The first kappa shape index (κ1) is 23.5. The molecule has 0 bridgehead atoms. The Labute approximate surface area is 208 Å². The van der Waals surface area contributed by atoms with E-state index < -0.39 is 17.7 Å². The summed E-state index contributed by atoms with van der Waals surface area (Å²) in [6, 6.07) is 10.1. The molecule has 1 aromatic carbocycles. The fourth-order valence-electron chi connectivity index (χ4n) is 4.94. The molecule has 3 aromatic rings. The Morgan fingerprint density at radius 3 is 2.66 bits per heavy atom. The number of nitrogens with zero attached hydrogens (tertiary/aromatic N) is 4. The lowest BCUT2D eigenvalue weighted by Crippen LogP contribution is -2.42. The third-order valence-electron chi connectivity index (χ3n) is 6.71. The molecule has 2 aromatic heterocycles. The van der Waals surface area contributed by atoms with Crippen molar-refractivity contribution in [3.8, 4) is 0 Å². The topological polar surface area (TPSA) is 87.4 Å². The minimum atomic E-state index is -0.760. The lowest BCUT2D eigenvalue weighted by molar-refractivity contribution is -0.140. The molecule has 9 heteroatoms. The Kier molecular flexibility index (Phi) is 6.35. The number of aliphatic hydroxyl groups excluding tert-OH is 1. The standard InChI is InChI=1S/C26H27ClN4O4/c1-16-5-4-8-30-21(17(2)28-25(16)30)23(32)20-22(18-6-3-7-19(27)15-18)31(26(34)24(20)33)10-9-29-11-13-35-14-12-29/h3-8,15,22,32H,9-14H2,1-2H3/t22-/m1/s1. The van der Waals surface area contributed by atoms with Gasteiger partial charge in [-0.3, -0.25) is 18.9 Å². The van der Waals surface area contributed by atoms with Crippen LogP contribution in [0.4, 0.5) is 0 Å². The van der Waals surface area contributed by atoms with Crippen LogP contribution < -0.4 is 0 Å². The number of hydrogen-bond donors (Lipinski definition) is 1. The van der Waals surface area contributed by atoms with E-state index in [1.807, 2.05) is 25.1 Å². The van der Waals surface area contributed by atoms with Crippen LogP contribution in [0.25, 0.3) is 11.4 Å². The van der Waals surface area contributed by atoms with Gasteiger partial charge >= 0.3 is 0 Å². The van der Waals surface area contributed by atoms with Gasteiger partial charge in [0, 0.05) is 37.4 Å². The van der Waals surface area contributed by atoms with Crippen molar-refractivity contribution < 1.29 is 19.4 Å². The maximum Gasteiger partial charge on any atom is 0.295 e. The predicted molar refractivity (Wildman–Crippen MR) is 132 cm³/mol. The largest absolute Gasteiger partial charge is 0.505 e. The highest BCUT2D eigenvalue weighted by Gasteiger charge is 2.46. The van der Waals surface area contributed by atoms with E-state index in [4.69, 9.17) is 16.3 Å². The van der Waals surface area contributed by atoms with E-state index in [-0.39, 0.29) is 11.3 Å². The Hall–Kier alpha value is -3.20. The molecule has 2 aliphatic heterocycles. The summed E-state index contributed by atoms with van der Waals surface area (Å²) < 4.78 is 7.18. The van der Waals surface area contributed by atoms with Crippen LogP contribution in [0.3, 0.4) is 0 Å². The number of pyridine rings is 1. The highest BCUT2D eigenvalue weighted by molar-refractivity contribution is 6.46. The van der Waals surface area contributed by atoms with Crippen LogP contribution >= 0.6 is 11.6 Å². The molecule has 5 rings (SSSR count). The number of ether oxygens (including phenoxy) is 1. The van der Waals surface area contributed by atoms with Gasteiger partial charge in [-0.2, -0.15) is 0 Å². The maximum absolute atomic E-state index is 13.4. The van der Waals surface area contributed by atoms with Gasteiger partial charge in [-0.25, -0.2) is 4.98 Å². The number of morpholine rings is 1. The minimum Gasteiger partial charge on any atom is -0.505 e. The molecule has 0 aliphatic carbocycles. The second kappa shape index (κ2) is 9.45. The number of rotatable bonds is 5. The van der Waals surface area contributed by atoms with Crippen molar-refractivity contribution in [3.05, 3.63) is 75.7 Å². The van der Waals surface area contributed by atoms with Crippen molar-refractivity contribution in [1.29, 1.82) is 0 Å². The summed E-state index contributed by atoms with van der Waals surface area (Å²) in [5.41, 5.74) is 3.32. The van der Waals surface area contributed by atoms with E-state index in [1.165, 1.54) is 0 Å². The fourth-order valence-corrected chi connectivity index (χ4v) is 5.14. The van der Waals surface area contributed by atoms with E-state index >= 15 is 0 Å². The number of aromatic nitrogens is 2. The maximum atomic E-state index is 13.4. The van der Waals surface area contributed by atoms with Crippen molar-refractivity contribution in [1.82, 2.24) is 19.2 Å². The molecule has 35 heavy (non-hydrogen) atoms. The molecule has 182 valence electrons. The van der Waals surface area contributed by atoms with E-state index in [0.717, 1.165) is 18.7 Å². The van der Waals surface area contributed by atoms with Crippen molar-refractivity contribution in [2.75, 3.05) is 39.4 Å². The predicted octanol–water partition coefficient (Wildman–Crippen LogP) is 3.36. The van der Waals surface area contributed by atoms with E-state index in [0.29, 0.717) is 53.9 Å². The van der Waals surface area contributed by atoms with Crippen molar-refractivity contribution in [3.63, 3.8) is 0 Å². The molecule has 2 saturated heterocycles. The van der Waals surface area contributed by atoms with E-state index in [1.54, 1.807) is 40.6 Å². The molecule has 2 fully saturated rings. The fraction of sp³-hybridized carbons (Fsp3) is 0.346. The van der Waals surface area contributed by atoms with Crippen molar-refractivity contribution >= 4 is 34.7 Å². The number of amides is 1. The van der Waals surface area contributed by atoms with E-state index in [2.05, 4.69) is 9.88 Å². The second-order valence-electron chi connectivity index (χ2n) is 8.93. The molecule has 4 heterocycles. The lowest BCUT2D eigenvalue weighted by Gasteiger charge is -2.31. The summed E-state index contributed by atoms with van der Waals surface area (Å²) >= 11 is 6.29. The van der Waals surface area contributed by atoms with Gasteiger partial charge in [0.1, 0.15) is 11.3 Å². The number of halogens is 1. The number of hydrogen-bond acceptors (Lipinski definition) is 6. The quantitative estimate of drug-likeness (QED) is 0.332. The monoisotopic (exact) mass is 494 g/mol. The Morgan fingerprint density at radius 2 is 1.91 bits per heavy atom. The second-order valence-corrected chi connectivity index (χ2v) is 9.37. The molecular formula is C26H27ClN4O4. The number of aryl methyl sites for hydroxylation is 2. The van der Waals surface area contributed by atoms with Crippen LogP contribution in [0, 0.1) is 13.8 Å². The first-order chi connectivity index (χ1) is 16.9. The molecule has 0 saturated carbocycles. The summed E-state index contributed by atoms with van der Waals surface area (Å²) in [7, 11) is 0. The number of imidazole rings is 1. The number of carbonyl (C=O) groups is 2. The van der Waals surface area contributed by atoms with E-state index in [9.17, 15) is 14.7 Å². The molecule has 2 aliphatic rings. The number of ketones is 1. The molecule has 8 nitrogen and oxygen atoms in total. The van der Waals surface area contributed by atoms with Crippen LogP contribution in [0.5, 0.6) is 0 Å². The summed E-state index contributed by atoms with van der Waals surface area (Å²) in [6.07, 6.45) is 1.79. The van der Waals surface area contributed by atoms with Gasteiger partial charge in [-0.15, -0.1) is 0 Å². The zero-order chi connectivity index (χ0) is 24.7. The van der Waals surface area contributed by atoms with Crippen LogP contribution in [0.1, 0.15) is 28.6 Å². The Balaban J connectivity index is 1.63. The number of aliphatic hydroxyl groups is 1. The molecule has 1 amide bonds. The normalized spacial score (nSPS) is 20.8. The van der Waals surface area contributed by atoms with Crippen LogP contribution in [-0.2, 0) is 14.3 Å². The van der Waals surface area contributed by atoms with Crippen molar-refractivity contribution in [2.24, 2.45) is 0 Å². The first-order valence-corrected chi connectivity index (χ1v) is 12.0. The average Bonchev–Trinajstić information content (AvgIpc) is 3.32. The SMILES string of the molecule is Cc1nc2c(C)cccn2c1C(O)=C1C(=O)C(=O)N(CCN2CCOCC2)[C@@H]1c1cccc(Cl)c1. The minimum absolute atomic E-state index is 0.0469. The smallest absolute Gasteiger partial charge is 0.295 e. The van der Waals surface area contributed by atoms with Crippen LogP contribution in [0.2, 0.25) is 5.02 Å². The highest BCUT2D eigenvalue weighted by Crippen LogP contribution is 2.40. The summed E-state index contributed by atoms with van der Waals surface area (Å²) in [5.74, 6) is -1.58. The molecule has 0 unspecified atom stereocenters. The van der Waals surface area contributed by atoms with Gasteiger partial charge in [-0.05, 0) is 43.2 Å². The zero-order valence-corrected chi connectivity index (χ0v) is 20.5. The van der Waals surface area contributed by atoms with Crippen LogP contribution in [-0.4, -0.2) is 75.4 Å². The Bertz CT molecular complexity index is 1340. The summed E-state index contributed by atoms with van der Waals surface area (Å²) in [4.78, 5) is 35.0. The molecule has 0 radical (unpaired) electrons. The number of fused-ring (bicyclic) bond motifs is 1. The van der Waals surface area contributed by atoms with Gasteiger partial charge in [0.15, 0.2) is 5.76 Å². The lowest BCUT2D eigenvalue weighted by atomic mass is 9.96. The molecule has 0 spiro atoms. The Morgan fingerprint density at radius 1 is 1.14 bits per heavy atom. The van der Waals surface area contributed by atoms with Gasteiger partial charge in [0.25, 0.3) is 11.7 Å². The third kappa shape index (κ3) is 4.22. The molecule has 1 atom stereocenters. The summed E-state index contributed by atoms with van der Waals surface area (Å²) in [6.45, 7) is 7.48. The molecule has 1 N–H and O–H groups in total. The van der Waals surface area contributed by atoms with Gasteiger partial charge in [0.2, 0.25) is 0 Å². The van der Waals surface area contributed by atoms with Gasteiger partial charge in [-0.1, -0.05) is 29.8 Å². The number of carbonyl (C=O) groups excluding carboxylic acids is 2. The zero-order valence-electron chi connectivity index (χ0n) is 19.7. The number of benzene rings is 1. The molecular weight excluding hydrogens is 468 g/mol. The van der Waals surface area contributed by atoms with Gasteiger partial charge in [0.05, 0.1) is 30.5 Å². The van der Waals surface area contributed by atoms with Crippen molar-refractivity contribution in [2.45, 2.75) is 19.9 Å². The number of likely N-dealkylation sites (tertiary alicyclic amines) is 1. The third-order valence-corrected chi connectivity index (χ3v) is 6.94. The van der Waals surface area contributed by atoms with Crippen LogP contribution in [0.15, 0.2) is 48.2 Å². The van der Waals surface area contributed by atoms with Gasteiger partial charge < -0.3 is 14.7 Å². The highest BCUT2D eigenvalue weighted by atomic mass is 35.5. The average molecular weight is 495 g/mol. The first-order valence-electron chi connectivity index (χ1n) is 11.7. The number of Topliss-reactive ketones (excluding diaryl/α,β-unsaturated/α-hetero) is 1.